The lowest BCUT2D eigenvalue weighted by Gasteiger charge is -2.04. The van der Waals surface area contributed by atoms with Gasteiger partial charge in [-0.05, 0) is 17.5 Å². The third-order valence-electron chi connectivity index (χ3n) is 3.07. The number of nitrogens with zero attached hydrogens (tertiary/aromatic N) is 2. The molecule has 82 valence electrons. The van der Waals surface area contributed by atoms with Gasteiger partial charge in [-0.2, -0.15) is 0 Å². The Balaban J connectivity index is 2.80. The Bertz CT molecular complexity index is 819. The molecule has 2 nitrogen and oxygen atoms in total. The predicted molar refractivity (Wildman–Crippen MR) is 72.0 cm³/mol. The molecule has 2 aromatic carbocycles. The summed E-state index contributed by atoms with van der Waals surface area (Å²) in [5.41, 5.74) is 1.82. The monoisotopic (exact) mass is 220 g/mol. The van der Waals surface area contributed by atoms with Gasteiger partial charge in [0.05, 0.1) is 11.0 Å². The first-order valence-electron chi connectivity index (χ1n) is 5.59. The van der Waals surface area contributed by atoms with Crippen LogP contribution in [0.25, 0.3) is 34.5 Å². The van der Waals surface area contributed by atoms with Crippen molar-refractivity contribution in [2.75, 3.05) is 0 Å². The Hall–Kier alpha value is -2.22. The zero-order chi connectivity index (χ0) is 11.8. The lowest BCUT2D eigenvalue weighted by molar-refractivity contribution is 1.29. The zero-order valence-electron chi connectivity index (χ0n) is 9.64. The lowest BCUT2D eigenvalue weighted by Crippen LogP contribution is -2.25. The van der Waals surface area contributed by atoms with Gasteiger partial charge in [0.1, 0.15) is 0 Å². The van der Waals surface area contributed by atoms with Gasteiger partial charge in [-0.25, -0.2) is 0 Å². The topological polar surface area (TPSA) is 25.8 Å². The maximum absolute atomic E-state index is 4.43. The number of aromatic nitrogens is 2. The van der Waals surface area contributed by atoms with E-state index in [1.807, 2.05) is 19.1 Å². The number of hydrogen-bond donors (Lipinski definition) is 0. The van der Waals surface area contributed by atoms with E-state index >= 15 is 0 Å². The summed E-state index contributed by atoms with van der Waals surface area (Å²) in [5.74, 6) is 0. The van der Waals surface area contributed by atoms with E-state index in [2.05, 4.69) is 34.8 Å². The van der Waals surface area contributed by atoms with Gasteiger partial charge < -0.3 is 0 Å². The Morgan fingerprint density at radius 2 is 1.65 bits per heavy atom. The summed E-state index contributed by atoms with van der Waals surface area (Å²) in [4.78, 5) is 8.82. The number of fused-ring (bicyclic) bond motifs is 3. The minimum atomic E-state index is 0.888. The molecule has 0 radical (unpaired) electrons. The molecule has 2 heteroatoms. The van der Waals surface area contributed by atoms with E-state index in [0.717, 1.165) is 26.9 Å². The van der Waals surface area contributed by atoms with Crippen LogP contribution in [0, 0.1) is 0 Å². The Kier molecular flexibility index (Phi) is 2.15. The lowest BCUT2D eigenvalue weighted by atomic mass is 10.0. The van der Waals surface area contributed by atoms with Crippen LogP contribution in [0.3, 0.4) is 0 Å². The average molecular weight is 220 g/mol. The van der Waals surface area contributed by atoms with E-state index < -0.39 is 0 Å². The van der Waals surface area contributed by atoms with E-state index in [1.54, 1.807) is 12.4 Å². The van der Waals surface area contributed by atoms with Gasteiger partial charge in [0.25, 0.3) is 0 Å². The highest BCUT2D eigenvalue weighted by molar-refractivity contribution is 6.04. The summed E-state index contributed by atoms with van der Waals surface area (Å²) in [6.45, 7) is 6.16. The molecule has 0 fully saturated rings. The third kappa shape index (κ3) is 1.34. The molecule has 3 rings (SSSR count). The maximum Gasteiger partial charge on any atom is 0.0971 e. The molecule has 17 heavy (non-hydrogen) atoms. The van der Waals surface area contributed by atoms with Crippen molar-refractivity contribution in [1.29, 1.82) is 0 Å². The van der Waals surface area contributed by atoms with Gasteiger partial charge in [-0.1, -0.05) is 36.9 Å². The third-order valence-corrected chi connectivity index (χ3v) is 3.07. The van der Waals surface area contributed by atoms with E-state index in [9.17, 15) is 0 Å². The number of benzene rings is 2. The van der Waals surface area contributed by atoms with Gasteiger partial charge >= 0.3 is 0 Å². The fourth-order valence-electron chi connectivity index (χ4n) is 2.30. The molecule has 0 saturated heterocycles. The largest absolute Gasteiger partial charge is 0.252 e. The summed E-state index contributed by atoms with van der Waals surface area (Å²) >= 11 is 0. The predicted octanol–water partition coefficient (Wildman–Crippen LogP) is 1.99. The molecule has 0 spiro atoms. The molecule has 0 aliphatic carbocycles. The Morgan fingerprint density at radius 3 is 2.35 bits per heavy atom. The van der Waals surface area contributed by atoms with Crippen molar-refractivity contribution in [3.05, 3.63) is 47.1 Å². The van der Waals surface area contributed by atoms with Crippen molar-refractivity contribution in [2.24, 2.45) is 0 Å². The molecule has 0 atom stereocenters. The van der Waals surface area contributed by atoms with Gasteiger partial charge in [0.15, 0.2) is 0 Å². The molecule has 0 aliphatic rings. The highest BCUT2D eigenvalue weighted by atomic mass is 14.8. The number of hydrogen-bond acceptors (Lipinski definition) is 2. The van der Waals surface area contributed by atoms with Crippen molar-refractivity contribution in [1.82, 2.24) is 9.97 Å². The molecule has 0 amide bonds. The van der Waals surface area contributed by atoms with Crippen molar-refractivity contribution in [2.45, 2.75) is 6.92 Å². The van der Waals surface area contributed by atoms with E-state index in [0.29, 0.717) is 0 Å². The Morgan fingerprint density at radius 1 is 1.00 bits per heavy atom. The molecular weight excluding hydrogens is 208 g/mol. The highest BCUT2D eigenvalue weighted by Gasteiger charge is 2.04. The van der Waals surface area contributed by atoms with Crippen LogP contribution in [0.15, 0.2) is 36.7 Å². The molecule has 3 aromatic rings. The van der Waals surface area contributed by atoms with Crippen LogP contribution in [0.2, 0.25) is 0 Å². The van der Waals surface area contributed by atoms with Crippen molar-refractivity contribution in [3.8, 4) is 0 Å². The number of rotatable bonds is 0. The van der Waals surface area contributed by atoms with Gasteiger partial charge in [-0.15, -0.1) is 0 Å². The minimum absolute atomic E-state index is 0.888. The van der Waals surface area contributed by atoms with Crippen LogP contribution >= 0.6 is 0 Å². The normalized spacial score (nSPS) is 12.4. The molecule has 0 bridgehead atoms. The van der Waals surface area contributed by atoms with E-state index in [4.69, 9.17) is 0 Å². The first kappa shape index (κ1) is 9.97. The van der Waals surface area contributed by atoms with Crippen LogP contribution in [0.5, 0.6) is 0 Å². The molecule has 1 heterocycles. The van der Waals surface area contributed by atoms with Crippen molar-refractivity contribution < 1.29 is 0 Å². The van der Waals surface area contributed by atoms with Crippen LogP contribution in [-0.2, 0) is 0 Å². The molecule has 0 N–H and O–H groups in total. The summed E-state index contributed by atoms with van der Waals surface area (Å²) in [7, 11) is 0. The maximum atomic E-state index is 4.43. The first-order chi connectivity index (χ1) is 8.33. The Labute approximate surface area is 98.9 Å². The van der Waals surface area contributed by atoms with Crippen LogP contribution in [0.4, 0.5) is 0 Å². The minimum Gasteiger partial charge on any atom is -0.252 e. The van der Waals surface area contributed by atoms with E-state index in [-0.39, 0.29) is 0 Å². The second-order valence-electron chi connectivity index (χ2n) is 3.98. The van der Waals surface area contributed by atoms with Crippen LogP contribution in [-0.4, -0.2) is 9.97 Å². The first-order valence-corrected chi connectivity index (χ1v) is 5.59. The van der Waals surface area contributed by atoms with Crippen molar-refractivity contribution in [3.63, 3.8) is 0 Å². The van der Waals surface area contributed by atoms with Gasteiger partial charge in [0.2, 0.25) is 0 Å². The molecule has 0 aliphatic heterocycles. The summed E-state index contributed by atoms with van der Waals surface area (Å²) in [5, 5.41) is 4.42. The molecule has 0 unspecified atom stereocenters. The standard InChI is InChI=1S/C15H12N2/c1-3-11-10(2)14-15(17-9-8-16-14)13-7-5-4-6-12(11)13/h3-9H,2H2,1H3/b11-3+. The molecule has 1 aromatic heterocycles. The summed E-state index contributed by atoms with van der Waals surface area (Å²) in [6.07, 6.45) is 5.52. The molecule has 0 saturated carbocycles. The van der Waals surface area contributed by atoms with Crippen molar-refractivity contribution >= 4 is 34.5 Å². The SMILES string of the molecule is C=c1/c(=C\C)c2ccccc2c2nccnc12. The summed E-state index contributed by atoms with van der Waals surface area (Å²) < 4.78 is 0. The second kappa shape index (κ2) is 3.67. The van der Waals surface area contributed by atoms with Crippen LogP contribution < -0.4 is 10.4 Å². The molecular formula is C15H12N2. The fraction of sp³-hybridized carbons (Fsp3) is 0.0667. The average Bonchev–Trinajstić information content (AvgIpc) is 2.40. The summed E-state index contributed by atoms with van der Waals surface area (Å²) in [6, 6.07) is 8.25. The van der Waals surface area contributed by atoms with Crippen LogP contribution in [0.1, 0.15) is 6.92 Å². The van der Waals surface area contributed by atoms with Gasteiger partial charge in [0, 0.05) is 23.0 Å². The zero-order valence-corrected chi connectivity index (χ0v) is 9.64. The van der Waals surface area contributed by atoms with E-state index in [1.165, 1.54) is 5.39 Å². The highest BCUT2D eigenvalue weighted by Crippen LogP contribution is 2.16. The second-order valence-corrected chi connectivity index (χ2v) is 3.98. The smallest absolute Gasteiger partial charge is 0.0971 e. The van der Waals surface area contributed by atoms with Gasteiger partial charge in [-0.3, -0.25) is 9.97 Å². The fourth-order valence-corrected chi connectivity index (χ4v) is 2.30. The quantitative estimate of drug-likeness (QED) is 0.541.